The summed E-state index contributed by atoms with van der Waals surface area (Å²) in [6, 6.07) is 7.94. The first kappa shape index (κ1) is 10.8. The highest BCUT2D eigenvalue weighted by atomic mass is 28.3. The minimum Gasteiger partial charge on any atom is -0.495 e. The maximum absolute atomic E-state index is 8.93. The Kier molecular flexibility index (Phi) is 2.97. The zero-order chi connectivity index (χ0) is 10.8. The highest BCUT2D eigenvalue weighted by Crippen LogP contribution is 2.18. The van der Waals surface area contributed by atoms with Crippen LogP contribution in [0.25, 0.3) is 0 Å². The molecule has 0 spiro atoms. The molecule has 0 bridgehead atoms. The molecule has 0 saturated heterocycles. The van der Waals surface area contributed by atoms with Crippen LogP contribution in [0.15, 0.2) is 18.2 Å². The Morgan fingerprint density at radius 3 is 2.36 bits per heavy atom. The second-order valence-corrected chi connectivity index (χ2v) is 9.29. The molecule has 0 aromatic heterocycles. The standard InChI is InChI=1S/C11H15NOSi/c1-13-11-9(8-12)6-5-7-10(11)14(2,3)4/h5-7H,1-4H3. The van der Waals surface area contributed by atoms with Crippen LogP contribution in [0.1, 0.15) is 5.56 Å². The fourth-order valence-electron chi connectivity index (χ4n) is 1.44. The smallest absolute Gasteiger partial charge is 0.135 e. The molecule has 0 atom stereocenters. The van der Waals surface area contributed by atoms with E-state index in [0.717, 1.165) is 5.75 Å². The van der Waals surface area contributed by atoms with E-state index in [9.17, 15) is 0 Å². The third-order valence-electron chi connectivity index (χ3n) is 2.15. The van der Waals surface area contributed by atoms with E-state index in [1.165, 1.54) is 5.19 Å². The third kappa shape index (κ3) is 1.96. The topological polar surface area (TPSA) is 33.0 Å². The van der Waals surface area contributed by atoms with Gasteiger partial charge in [0.25, 0.3) is 0 Å². The molecule has 2 nitrogen and oxygen atoms in total. The summed E-state index contributed by atoms with van der Waals surface area (Å²) < 4.78 is 5.31. The van der Waals surface area contributed by atoms with Crippen molar-refractivity contribution in [3.05, 3.63) is 23.8 Å². The predicted octanol–water partition coefficient (Wildman–Crippen LogP) is 2.11. The zero-order valence-corrected chi connectivity index (χ0v) is 10.1. The van der Waals surface area contributed by atoms with Gasteiger partial charge >= 0.3 is 0 Å². The van der Waals surface area contributed by atoms with E-state index in [4.69, 9.17) is 10.00 Å². The first-order chi connectivity index (χ1) is 6.50. The van der Waals surface area contributed by atoms with Gasteiger partial charge in [-0.15, -0.1) is 0 Å². The minimum absolute atomic E-state index is 0.632. The monoisotopic (exact) mass is 205 g/mol. The molecule has 0 unspecified atom stereocenters. The SMILES string of the molecule is COc1c(C#N)cccc1[Si](C)(C)C. The van der Waals surface area contributed by atoms with Gasteiger partial charge in [-0.3, -0.25) is 0 Å². The summed E-state index contributed by atoms with van der Waals surface area (Å²) in [4.78, 5) is 0. The van der Waals surface area contributed by atoms with Crippen LogP contribution in [0.3, 0.4) is 0 Å². The van der Waals surface area contributed by atoms with Crippen molar-refractivity contribution in [3.63, 3.8) is 0 Å². The number of para-hydroxylation sites is 1. The molecule has 0 fully saturated rings. The number of benzene rings is 1. The van der Waals surface area contributed by atoms with Crippen molar-refractivity contribution in [3.8, 4) is 11.8 Å². The summed E-state index contributed by atoms with van der Waals surface area (Å²) in [5.74, 6) is 0.758. The lowest BCUT2D eigenvalue weighted by atomic mass is 10.2. The first-order valence-corrected chi connectivity index (χ1v) is 8.08. The molecule has 1 aromatic carbocycles. The summed E-state index contributed by atoms with van der Waals surface area (Å²) in [7, 11) is 0.202. The largest absolute Gasteiger partial charge is 0.495 e. The molecular weight excluding hydrogens is 190 g/mol. The van der Waals surface area contributed by atoms with Crippen LogP contribution in [-0.4, -0.2) is 15.2 Å². The quantitative estimate of drug-likeness (QED) is 0.693. The van der Waals surface area contributed by atoms with Gasteiger partial charge in [0.2, 0.25) is 0 Å². The van der Waals surface area contributed by atoms with E-state index in [-0.39, 0.29) is 0 Å². The number of nitrogens with zero attached hydrogens (tertiary/aromatic N) is 1. The van der Waals surface area contributed by atoms with Gasteiger partial charge in [0, 0.05) is 0 Å². The summed E-state index contributed by atoms with van der Waals surface area (Å²) in [6.07, 6.45) is 0. The highest BCUT2D eigenvalue weighted by Gasteiger charge is 2.22. The van der Waals surface area contributed by atoms with E-state index in [1.54, 1.807) is 13.2 Å². The van der Waals surface area contributed by atoms with Crippen molar-refractivity contribution in [1.82, 2.24) is 0 Å². The van der Waals surface area contributed by atoms with E-state index in [1.807, 2.05) is 6.07 Å². The third-order valence-corrected chi connectivity index (χ3v) is 4.16. The van der Waals surface area contributed by atoms with E-state index < -0.39 is 8.07 Å². The molecule has 1 rings (SSSR count). The van der Waals surface area contributed by atoms with Crippen molar-refractivity contribution in [2.45, 2.75) is 19.6 Å². The number of ether oxygens (including phenoxy) is 1. The lowest BCUT2D eigenvalue weighted by Gasteiger charge is -2.20. The van der Waals surface area contributed by atoms with E-state index in [2.05, 4.69) is 31.8 Å². The number of methoxy groups -OCH3 is 1. The lowest BCUT2D eigenvalue weighted by molar-refractivity contribution is 0.416. The number of hydrogen-bond donors (Lipinski definition) is 0. The van der Waals surface area contributed by atoms with Gasteiger partial charge in [-0.05, 0) is 11.3 Å². The summed E-state index contributed by atoms with van der Waals surface area (Å²) in [5, 5.41) is 10.1. The van der Waals surface area contributed by atoms with Crippen LogP contribution in [0, 0.1) is 11.3 Å². The molecule has 0 aliphatic rings. The second kappa shape index (κ2) is 3.85. The summed E-state index contributed by atoms with van der Waals surface area (Å²) in [5.41, 5.74) is 0.632. The average molecular weight is 205 g/mol. The first-order valence-electron chi connectivity index (χ1n) is 4.58. The normalized spacial score (nSPS) is 10.8. The fourth-order valence-corrected chi connectivity index (χ4v) is 2.95. The van der Waals surface area contributed by atoms with Crippen molar-refractivity contribution in [2.75, 3.05) is 7.11 Å². The van der Waals surface area contributed by atoms with Crippen molar-refractivity contribution < 1.29 is 4.74 Å². The minimum atomic E-state index is -1.42. The number of hydrogen-bond acceptors (Lipinski definition) is 2. The van der Waals surface area contributed by atoms with Gasteiger partial charge in [-0.25, -0.2) is 0 Å². The van der Waals surface area contributed by atoms with Crippen molar-refractivity contribution >= 4 is 13.3 Å². The van der Waals surface area contributed by atoms with Gasteiger partial charge in [0.05, 0.1) is 20.7 Å². The van der Waals surface area contributed by atoms with Crippen LogP contribution < -0.4 is 9.92 Å². The zero-order valence-electron chi connectivity index (χ0n) is 9.09. The Morgan fingerprint density at radius 2 is 1.93 bits per heavy atom. The summed E-state index contributed by atoms with van der Waals surface area (Å²) in [6.45, 7) is 6.73. The van der Waals surface area contributed by atoms with Gasteiger partial charge in [0.1, 0.15) is 11.8 Å². The Labute approximate surface area is 86.1 Å². The molecule has 1 aromatic rings. The lowest BCUT2D eigenvalue weighted by Crippen LogP contribution is -2.38. The number of rotatable bonds is 2. The van der Waals surface area contributed by atoms with Crippen molar-refractivity contribution in [2.24, 2.45) is 0 Å². The Morgan fingerprint density at radius 1 is 1.29 bits per heavy atom. The molecule has 0 saturated carbocycles. The molecule has 0 aliphatic carbocycles. The average Bonchev–Trinajstić information content (AvgIpc) is 2.15. The predicted molar refractivity (Wildman–Crippen MR) is 60.7 cm³/mol. The van der Waals surface area contributed by atoms with Crippen LogP contribution in [0.2, 0.25) is 19.6 Å². The van der Waals surface area contributed by atoms with Gasteiger partial charge in [-0.1, -0.05) is 31.8 Å². The molecule has 0 aliphatic heterocycles. The van der Waals surface area contributed by atoms with Crippen LogP contribution in [0.4, 0.5) is 0 Å². The van der Waals surface area contributed by atoms with Crippen LogP contribution >= 0.6 is 0 Å². The van der Waals surface area contributed by atoms with Crippen LogP contribution in [-0.2, 0) is 0 Å². The fraction of sp³-hybridized carbons (Fsp3) is 0.364. The van der Waals surface area contributed by atoms with Crippen molar-refractivity contribution in [1.29, 1.82) is 5.26 Å². The maximum atomic E-state index is 8.93. The Hall–Kier alpha value is -1.27. The Bertz CT molecular complexity index is 374. The summed E-state index contributed by atoms with van der Waals surface area (Å²) >= 11 is 0. The molecule has 0 N–H and O–H groups in total. The molecule has 0 heterocycles. The van der Waals surface area contributed by atoms with E-state index in [0.29, 0.717) is 5.56 Å². The maximum Gasteiger partial charge on any atom is 0.135 e. The molecule has 14 heavy (non-hydrogen) atoms. The molecule has 0 radical (unpaired) electrons. The molecule has 74 valence electrons. The Balaban J connectivity index is 3.39. The van der Waals surface area contributed by atoms with Crippen LogP contribution in [0.5, 0.6) is 5.75 Å². The molecule has 0 amide bonds. The highest BCUT2D eigenvalue weighted by molar-refractivity contribution is 6.89. The van der Waals surface area contributed by atoms with E-state index >= 15 is 0 Å². The molecular formula is C11H15NOSi. The second-order valence-electron chi connectivity index (χ2n) is 4.25. The molecule has 3 heteroatoms. The van der Waals surface area contributed by atoms with Gasteiger partial charge in [-0.2, -0.15) is 5.26 Å². The van der Waals surface area contributed by atoms with Gasteiger partial charge in [0.15, 0.2) is 0 Å². The number of nitriles is 1. The van der Waals surface area contributed by atoms with Gasteiger partial charge < -0.3 is 4.74 Å².